The molecule has 0 aromatic carbocycles. The maximum atomic E-state index is 5.69. The Kier molecular flexibility index (Phi) is 6.39. The SMILES string of the molecule is CC(C)CNCc1ccc(OCCC2CCCN2C)nn1. The summed E-state index contributed by atoms with van der Waals surface area (Å²) in [6, 6.07) is 4.56. The quantitative estimate of drug-likeness (QED) is 0.795. The molecule has 1 N–H and O–H groups in total. The Morgan fingerprint density at radius 2 is 2.24 bits per heavy atom. The normalized spacial score (nSPS) is 19.3. The van der Waals surface area contributed by atoms with E-state index in [4.69, 9.17) is 4.74 Å². The Morgan fingerprint density at radius 1 is 1.38 bits per heavy atom. The van der Waals surface area contributed by atoms with Gasteiger partial charge in [0.2, 0.25) is 5.88 Å². The minimum atomic E-state index is 0.628. The highest BCUT2D eigenvalue weighted by molar-refractivity contribution is 5.11. The van der Waals surface area contributed by atoms with Gasteiger partial charge in [0.05, 0.1) is 12.3 Å². The van der Waals surface area contributed by atoms with Gasteiger partial charge in [-0.05, 0) is 51.4 Å². The Hall–Kier alpha value is -1.20. The number of hydrogen-bond acceptors (Lipinski definition) is 5. The molecule has 0 radical (unpaired) electrons. The molecule has 0 aliphatic carbocycles. The summed E-state index contributed by atoms with van der Waals surface area (Å²) in [5, 5.41) is 11.7. The number of nitrogens with zero attached hydrogens (tertiary/aromatic N) is 3. The lowest BCUT2D eigenvalue weighted by Gasteiger charge is -2.18. The molecule has 1 aliphatic rings. The molecular formula is C16H28N4O. The molecule has 5 nitrogen and oxygen atoms in total. The average Bonchev–Trinajstić information content (AvgIpc) is 2.86. The Morgan fingerprint density at radius 3 is 2.86 bits per heavy atom. The van der Waals surface area contributed by atoms with Crippen molar-refractivity contribution >= 4 is 0 Å². The van der Waals surface area contributed by atoms with Gasteiger partial charge in [-0.25, -0.2) is 0 Å². The lowest BCUT2D eigenvalue weighted by molar-refractivity contribution is 0.227. The van der Waals surface area contributed by atoms with Gasteiger partial charge in [0, 0.05) is 18.7 Å². The number of likely N-dealkylation sites (tertiary alicyclic amines) is 1. The third-order valence-corrected chi connectivity index (χ3v) is 3.93. The van der Waals surface area contributed by atoms with E-state index in [0.29, 0.717) is 24.4 Å². The second-order valence-electron chi connectivity index (χ2n) is 6.30. The van der Waals surface area contributed by atoms with Crippen molar-refractivity contribution in [3.05, 3.63) is 17.8 Å². The van der Waals surface area contributed by atoms with Crippen LogP contribution < -0.4 is 10.1 Å². The topological polar surface area (TPSA) is 50.3 Å². The molecule has 1 saturated heterocycles. The van der Waals surface area contributed by atoms with Crippen LogP contribution in [0.3, 0.4) is 0 Å². The lowest BCUT2D eigenvalue weighted by Crippen LogP contribution is -2.26. The van der Waals surface area contributed by atoms with E-state index in [9.17, 15) is 0 Å². The second kappa shape index (κ2) is 8.29. The van der Waals surface area contributed by atoms with E-state index in [1.54, 1.807) is 0 Å². The average molecular weight is 292 g/mol. The van der Waals surface area contributed by atoms with E-state index >= 15 is 0 Å². The first-order chi connectivity index (χ1) is 10.1. The van der Waals surface area contributed by atoms with Gasteiger partial charge in [0.25, 0.3) is 0 Å². The van der Waals surface area contributed by atoms with Gasteiger partial charge >= 0.3 is 0 Å². The van der Waals surface area contributed by atoms with Gasteiger partial charge < -0.3 is 15.0 Å². The largest absolute Gasteiger partial charge is 0.477 e. The fraction of sp³-hybridized carbons (Fsp3) is 0.750. The standard InChI is InChI=1S/C16H28N4O/c1-13(2)11-17-12-14-6-7-16(19-18-14)21-10-8-15-5-4-9-20(15)3/h6-7,13,15,17H,4-5,8-12H2,1-3H3. The maximum absolute atomic E-state index is 5.69. The van der Waals surface area contributed by atoms with Crippen molar-refractivity contribution in [2.24, 2.45) is 5.92 Å². The molecular weight excluding hydrogens is 264 g/mol. The second-order valence-corrected chi connectivity index (χ2v) is 6.30. The highest BCUT2D eigenvalue weighted by Gasteiger charge is 2.20. The van der Waals surface area contributed by atoms with E-state index in [1.807, 2.05) is 12.1 Å². The van der Waals surface area contributed by atoms with Crippen LogP contribution in [0, 0.1) is 5.92 Å². The summed E-state index contributed by atoms with van der Waals surface area (Å²) in [4.78, 5) is 2.42. The summed E-state index contributed by atoms with van der Waals surface area (Å²) >= 11 is 0. The fourth-order valence-corrected chi connectivity index (χ4v) is 2.65. The molecule has 1 fully saturated rings. The van der Waals surface area contributed by atoms with Crippen molar-refractivity contribution in [1.82, 2.24) is 20.4 Å². The number of aromatic nitrogens is 2. The number of ether oxygens (including phenoxy) is 1. The highest BCUT2D eigenvalue weighted by Crippen LogP contribution is 2.18. The summed E-state index contributed by atoms with van der Waals surface area (Å²) in [6.07, 6.45) is 3.65. The molecule has 1 aromatic heterocycles. The minimum absolute atomic E-state index is 0.628. The van der Waals surface area contributed by atoms with E-state index < -0.39 is 0 Å². The Bertz CT molecular complexity index is 407. The van der Waals surface area contributed by atoms with Gasteiger partial charge in [0.1, 0.15) is 0 Å². The van der Waals surface area contributed by atoms with Gasteiger partial charge in [-0.1, -0.05) is 13.8 Å². The number of nitrogens with one attached hydrogen (secondary N) is 1. The van der Waals surface area contributed by atoms with E-state index in [-0.39, 0.29) is 0 Å². The van der Waals surface area contributed by atoms with Crippen LogP contribution in [-0.4, -0.2) is 47.9 Å². The van der Waals surface area contributed by atoms with Crippen LogP contribution in [0.5, 0.6) is 5.88 Å². The van der Waals surface area contributed by atoms with Crippen LogP contribution in [0.4, 0.5) is 0 Å². The van der Waals surface area contributed by atoms with Gasteiger partial charge in [-0.15, -0.1) is 5.10 Å². The molecule has 0 amide bonds. The van der Waals surface area contributed by atoms with Gasteiger partial charge in [0.15, 0.2) is 0 Å². The van der Waals surface area contributed by atoms with Crippen molar-refractivity contribution in [3.8, 4) is 5.88 Å². The van der Waals surface area contributed by atoms with Crippen LogP contribution in [0.2, 0.25) is 0 Å². The van der Waals surface area contributed by atoms with Gasteiger partial charge in [-0.2, -0.15) is 5.10 Å². The summed E-state index contributed by atoms with van der Waals surface area (Å²) < 4.78 is 5.69. The third kappa shape index (κ3) is 5.59. The summed E-state index contributed by atoms with van der Waals surface area (Å²) in [7, 11) is 2.19. The summed E-state index contributed by atoms with van der Waals surface area (Å²) in [5.41, 5.74) is 0.957. The Labute approximate surface area is 128 Å². The van der Waals surface area contributed by atoms with E-state index in [2.05, 4.69) is 41.3 Å². The van der Waals surface area contributed by atoms with Crippen LogP contribution in [0.25, 0.3) is 0 Å². The van der Waals surface area contributed by atoms with E-state index in [1.165, 1.54) is 19.4 Å². The predicted octanol–water partition coefficient (Wildman–Crippen LogP) is 2.09. The molecule has 1 unspecified atom stereocenters. The first kappa shape index (κ1) is 16.2. The molecule has 21 heavy (non-hydrogen) atoms. The molecule has 0 spiro atoms. The Balaban J connectivity index is 1.67. The zero-order valence-corrected chi connectivity index (χ0v) is 13.5. The zero-order chi connectivity index (χ0) is 15.1. The first-order valence-electron chi connectivity index (χ1n) is 8.01. The summed E-state index contributed by atoms with van der Waals surface area (Å²) in [5.74, 6) is 1.28. The fourth-order valence-electron chi connectivity index (χ4n) is 2.65. The van der Waals surface area contributed by atoms with Crippen molar-refractivity contribution in [1.29, 1.82) is 0 Å². The molecule has 1 atom stereocenters. The molecule has 0 bridgehead atoms. The highest BCUT2D eigenvalue weighted by atomic mass is 16.5. The number of hydrogen-bond donors (Lipinski definition) is 1. The van der Waals surface area contributed by atoms with Gasteiger partial charge in [-0.3, -0.25) is 0 Å². The lowest BCUT2D eigenvalue weighted by atomic mass is 10.1. The maximum Gasteiger partial charge on any atom is 0.233 e. The summed E-state index contributed by atoms with van der Waals surface area (Å²) in [6.45, 7) is 8.07. The van der Waals surface area contributed by atoms with Crippen molar-refractivity contribution < 1.29 is 4.74 Å². The van der Waals surface area contributed by atoms with Crippen molar-refractivity contribution in [3.63, 3.8) is 0 Å². The van der Waals surface area contributed by atoms with Crippen LogP contribution in [0.15, 0.2) is 12.1 Å². The smallest absolute Gasteiger partial charge is 0.233 e. The third-order valence-electron chi connectivity index (χ3n) is 3.93. The molecule has 2 rings (SSSR count). The number of rotatable bonds is 8. The molecule has 2 heterocycles. The predicted molar refractivity (Wildman–Crippen MR) is 84.3 cm³/mol. The first-order valence-corrected chi connectivity index (χ1v) is 8.01. The molecule has 1 aromatic rings. The molecule has 118 valence electrons. The molecule has 1 aliphatic heterocycles. The molecule has 5 heteroatoms. The van der Waals surface area contributed by atoms with E-state index in [0.717, 1.165) is 25.2 Å². The van der Waals surface area contributed by atoms with Crippen LogP contribution in [0.1, 0.15) is 38.8 Å². The molecule has 0 saturated carbocycles. The van der Waals surface area contributed by atoms with Crippen molar-refractivity contribution in [2.75, 3.05) is 26.7 Å². The minimum Gasteiger partial charge on any atom is -0.477 e. The monoisotopic (exact) mass is 292 g/mol. The van der Waals surface area contributed by atoms with Crippen molar-refractivity contribution in [2.45, 2.75) is 45.7 Å². The van der Waals surface area contributed by atoms with Crippen LogP contribution >= 0.6 is 0 Å². The van der Waals surface area contributed by atoms with Crippen LogP contribution in [-0.2, 0) is 6.54 Å². The zero-order valence-electron chi connectivity index (χ0n) is 13.5.